The lowest BCUT2D eigenvalue weighted by molar-refractivity contribution is -0.139. The van der Waals surface area contributed by atoms with Gasteiger partial charge in [-0.25, -0.2) is 0 Å². The SMILES string of the molecule is CC#CC(=O)N1CCC(CCCc2cnccn2)(C(=O)NC(C)C)CC1. The van der Waals surface area contributed by atoms with Gasteiger partial charge in [0.25, 0.3) is 5.91 Å². The number of carbonyl (C=O) groups is 2. The number of nitrogens with one attached hydrogen (secondary N) is 1. The number of hydrogen-bond acceptors (Lipinski definition) is 4. The second kappa shape index (κ2) is 9.33. The number of rotatable bonds is 6. The molecule has 1 N–H and O–H groups in total. The molecule has 0 unspecified atom stereocenters. The van der Waals surface area contributed by atoms with Crippen LogP contribution in [0, 0.1) is 17.3 Å². The van der Waals surface area contributed by atoms with Gasteiger partial charge in [-0.2, -0.15) is 0 Å². The van der Waals surface area contributed by atoms with E-state index < -0.39 is 5.41 Å². The summed E-state index contributed by atoms with van der Waals surface area (Å²) in [5, 5.41) is 3.07. The average molecular weight is 356 g/mol. The molecule has 0 saturated carbocycles. The highest BCUT2D eigenvalue weighted by atomic mass is 16.2. The van der Waals surface area contributed by atoms with Gasteiger partial charge in [-0.3, -0.25) is 19.6 Å². The molecule has 1 aromatic rings. The zero-order valence-electron chi connectivity index (χ0n) is 15.9. The van der Waals surface area contributed by atoms with Gasteiger partial charge in [0.15, 0.2) is 0 Å². The summed E-state index contributed by atoms with van der Waals surface area (Å²) < 4.78 is 0. The van der Waals surface area contributed by atoms with E-state index in [1.807, 2.05) is 13.8 Å². The highest BCUT2D eigenvalue weighted by Crippen LogP contribution is 2.37. The molecule has 0 atom stereocenters. The van der Waals surface area contributed by atoms with E-state index in [-0.39, 0.29) is 17.9 Å². The number of nitrogens with zero attached hydrogens (tertiary/aromatic N) is 3. The van der Waals surface area contributed by atoms with Crippen LogP contribution in [0.15, 0.2) is 18.6 Å². The molecule has 0 bridgehead atoms. The summed E-state index contributed by atoms with van der Waals surface area (Å²) in [6.45, 7) is 6.75. The van der Waals surface area contributed by atoms with Gasteiger partial charge in [-0.1, -0.05) is 5.92 Å². The molecule has 140 valence electrons. The molecule has 1 aromatic heterocycles. The first-order valence-electron chi connectivity index (χ1n) is 9.24. The Morgan fingerprint density at radius 1 is 1.31 bits per heavy atom. The van der Waals surface area contributed by atoms with Gasteiger partial charge in [0.1, 0.15) is 0 Å². The van der Waals surface area contributed by atoms with Crippen molar-refractivity contribution >= 4 is 11.8 Å². The van der Waals surface area contributed by atoms with Gasteiger partial charge in [-0.15, -0.1) is 0 Å². The van der Waals surface area contributed by atoms with Gasteiger partial charge in [-0.05, 0) is 58.8 Å². The van der Waals surface area contributed by atoms with Crippen molar-refractivity contribution in [1.82, 2.24) is 20.2 Å². The standard InChI is InChI=1S/C20H28N4O2/c1-4-6-18(25)24-13-9-20(10-14-24,19(26)23-16(2)3)8-5-7-17-15-21-11-12-22-17/h11-12,15-16H,5,7-10,13-14H2,1-3H3,(H,23,26). The van der Waals surface area contributed by atoms with E-state index in [2.05, 4.69) is 27.1 Å². The molecule has 1 fully saturated rings. The lowest BCUT2D eigenvalue weighted by atomic mass is 9.73. The highest BCUT2D eigenvalue weighted by molar-refractivity contribution is 5.93. The van der Waals surface area contributed by atoms with Crippen molar-refractivity contribution in [2.75, 3.05) is 13.1 Å². The van der Waals surface area contributed by atoms with Crippen LogP contribution >= 0.6 is 0 Å². The average Bonchev–Trinajstić information content (AvgIpc) is 2.63. The zero-order valence-corrected chi connectivity index (χ0v) is 15.9. The summed E-state index contributed by atoms with van der Waals surface area (Å²) in [5.74, 6) is 5.19. The molecule has 26 heavy (non-hydrogen) atoms. The zero-order chi connectivity index (χ0) is 19.0. The van der Waals surface area contributed by atoms with E-state index in [0.29, 0.717) is 25.9 Å². The van der Waals surface area contributed by atoms with Crippen molar-refractivity contribution in [3.8, 4) is 11.8 Å². The molecule has 1 aliphatic heterocycles. The lowest BCUT2D eigenvalue weighted by Crippen LogP contribution is -2.51. The van der Waals surface area contributed by atoms with Gasteiger partial charge >= 0.3 is 0 Å². The van der Waals surface area contributed by atoms with Crippen LogP contribution in [0.25, 0.3) is 0 Å². The number of likely N-dealkylation sites (tertiary alicyclic amines) is 1. The van der Waals surface area contributed by atoms with E-state index in [9.17, 15) is 9.59 Å². The number of aromatic nitrogens is 2. The van der Waals surface area contributed by atoms with Crippen molar-refractivity contribution in [2.24, 2.45) is 5.41 Å². The molecule has 6 nitrogen and oxygen atoms in total. The number of amides is 2. The fourth-order valence-electron chi connectivity index (χ4n) is 3.40. The molecular formula is C20H28N4O2. The van der Waals surface area contributed by atoms with Crippen molar-refractivity contribution in [3.63, 3.8) is 0 Å². The van der Waals surface area contributed by atoms with Gasteiger partial charge < -0.3 is 10.2 Å². The number of hydrogen-bond donors (Lipinski definition) is 1. The van der Waals surface area contributed by atoms with Crippen LogP contribution in [0.4, 0.5) is 0 Å². The predicted molar refractivity (Wildman–Crippen MR) is 99.9 cm³/mol. The molecule has 2 heterocycles. The Morgan fingerprint density at radius 2 is 2.04 bits per heavy atom. The van der Waals surface area contributed by atoms with Crippen LogP contribution in [-0.4, -0.2) is 45.8 Å². The predicted octanol–water partition coefficient (Wildman–Crippen LogP) is 1.96. The molecule has 6 heteroatoms. The van der Waals surface area contributed by atoms with Crippen molar-refractivity contribution in [2.45, 2.75) is 58.9 Å². The molecule has 0 aliphatic carbocycles. The van der Waals surface area contributed by atoms with Crippen molar-refractivity contribution in [1.29, 1.82) is 0 Å². The summed E-state index contributed by atoms with van der Waals surface area (Å²) in [5.41, 5.74) is 0.515. The molecular weight excluding hydrogens is 328 g/mol. The number of piperidine rings is 1. The second-order valence-corrected chi connectivity index (χ2v) is 7.13. The van der Waals surface area contributed by atoms with Crippen molar-refractivity contribution in [3.05, 3.63) is 24.3 Å². The molecule has 2 amide bonds. The second-order valence-electron chi connectivity index (χ2n) is 7.13. The van der Waals surface area contributed by atoms with Crippen molar-refractivity contribution < 1.29 is 9.59 Å². The minimum absolute atomic E-state index is 0.0975. The fourth-order valence-corrected chi connectivity index (χ4v) is 3.40. The number of carbonyl (C=O) groups excluding carboxylic acids is 2. The fraction of sp³-hybridized carbons (Fsp3) is 0.600. The Labute approximate surface area is 155 Å². The van der Waals surface area contributed by atoms with Crippen LogP contribution in [0.1, 0.15) is 52.1 Å². The summed E-state index contributed by atoms with van der Waals surface area (Å²) in [6, 6.07) is 0.102. The topological polar surface area (TPSA) is 75.2 Å². The Kier molecular flexibility index (Phi) is 7.14. The smallest absolute Gasteiger partial charge is 0.298 e. The van der Waals surface area contributed by atoms with E-state index in [1.54, 1.807) is 30.4 Å². The van der Waals surface area contributed by atoms with E-state index in [0.717, 1.165) is 25.0 Å². The van der Waals surface area contributed by atoms with E-state index in [1.165, 1.54) is 0 Å². The largest absolute Gasteiger partial charge is 0.353 e. The Bertz CT molecular complexity index is 668. The third-order valence-electron chi connectivity index (χ3n) is 4.85. The molecule has 1 saturated heterocycles. The maximum Gasteiger partial charge on any atom is 0.298 e. The van der Waals surface area contributed by atoms with E-state index in [4.69, 9.17) is 0 Å². The molecule has 0 aromatic carbocycles. The van der Waals surface area contributed by atoms with Gasteiger partial charge in [0, 0.05) is 37.7 Å². The molecule has 2 rings (SSSR count). The summed E-state index contributed by atoms with van der Waals surface area (Å²) in [6.07, 6.45) is 8.91. The molecule has 0 spiro atoms. The first kappa shape index (κ1) is 19.9. The Hall–Kier alpha value is -2.42. The highest BCUT2D eigenvalue weighted by Gasteiger charge is 2.41. The van der Waals surface area contributed by atoms with Gasteiger partial charge in [0.05, 0.1) is 11.1 Å². The van der Waals surface area contributed by atoms with Crippen LogP contribution in [0.5, 0.6) is 0 Å². The third-order valence-corrected chi connectivity index (χ3v) is 4.85. The minimum atomic E-state index is -0.428. The minimum Gasteiger partial charge on any atom is -0.353 e. The quantitative estimate of drug-likeness (QED) is 0.791. The van der Waals surface area contributed by atoms with Crippen LogP contribution in [-0.2, 0) is 16.0 Å². The van der Waals surface area contributed by atoms with E-state index >= 15 is 0 Å². The van der Waals surface area contributed by atoms with Crippen LogP contribution in [0.3, 0.4) is 0 Å². The molecule has 0 radical (unpaired) electrons. The monoisotopic (exact) mass is 356 g/mol. The van der Waals surface area contributed by atoms with Gasteiger partial charge in [0.2, 0.25) is 5.91 Å². The lowest BCUT2D eigenvalue weighted by Gasteiger charge is -2.40. The summed E-state index contributed by atoms with van der Waals surface area (Å²) in [4.78, 5) is 35.0. The third kappa shape index (κ3) is 5.29. The maximum absolute atomic E-state index is 12.9. The number of aryl methyl sites for hydroxylation is 1. The van der Waals surface area contributed by atoms with Crippen LogP contribution in [0.2, 0.25) is 0 Å². The first-order chi connectivity index (χ1) is 12.5. The summed E-state index contributed by atoms with van der Waals surface area (Å²) >= 11 is 0. The normalized spacial score (nSPS) is 15.9. The maximum atomic E-state index is 12.9. The Balaban J connectivity index is 2.02. The molecule has 1 aliphatic rings. The summed E-state index contributed by atoms with van der Waals surface area (Å²) in [7, 11) is 0. The first-order valence-corrected chi connectivity index (χ1v) is 9.24. The Morgan fingerprint density at radius 3 is 2.62 bits per heavy atom. The van der Waals surface area contributed by atoms with Crippen LogP contribution < -0.4 is 5.32 Å².